The van der Waals surface area contributed by atoms with Gasteiger partial charge in [-0.05, 0) is 41.7 Å². The maximum Gasteiger partial charge on any atom is 0.254 e. The average molecular weight is 528 g/mol. The molecule has 1 saturated carbocycles. The topological polar surface area (TPSA) is 96.9 Å². The third-order valence-corrected chi connectivity index (χ3v) is 8.01. The number of ether oxygens (including phenoxy) is 1. The number of carbonyl (C=O) groups is 2. The molecule has 0 spiro atoms. The van der Waals surface area contributed by atoms with Crippen LogP contribution in [0.15, 0.2) is 42.7 Å². The van der Waals surface area contributed by atoms with E-state index in [1.54, 1.807) is 22.1 Å². The van der Waals surface area contributed by atoms with Crippen molar-refractivity contribution in [3.8, 4) is 5.75 Å². The molecule has 2 aliphatic rings. The second-order valence-corrected chi connectivity index (χ2v) is 12.4. The number of hydrogen-bond acceptors (Lipinski definition) is 6. The molecule has 2 heterocycles. The van der Waals surface area contributed by atoms with Crippen molar-refractivity contribution in [2.75, 3.05) is 39.0 Å². The molecular formula is C28H37N3O5S. The zero-order valence-electron chi connectivity index (χ0n) is 21.6. The summed E-state index contributed by atoms with van der Waals surface area (Å²) in [5, 5.41) is 0. The van der Waals surface area contributed by atoms with E-state index in [1.165, 1.54) is 44.6 Å². The highest BCUT2D eigenvalue weighted by molar-refractivity contribution is 7.89. The van der Waals surface area contributed by atoms with Gasteiger partial charge in [0.25, 0.3) is 5.91 Å². The van der Waals surface area contributed by atoms with Gasteiger partial charge in [-0.25, -0.2) is 8.42 Å². The monoisotopic (exact) mass is 527 g/mol. The van der Waals surface area contributed by atoms with E-state index < -0.39 is 9.84 Å². The van der Waals surface area contributed by atoms with Crippen LogP contribution in [0.5, 0.6) is 5.75 Å². The van der Waals surface area contributed by atoms with Gasteiger partial charge in [0.2, 0.25) is 5.91 Å². The predicted molar refractivity (Wildman–Crippen MR) is 142 cm³/mol. The maximum absolute atomic E-state index is 13.1. The zero-order chi connectivity index (χ0) is 26.3. The van der Waals surface area contributed by atoms with Gasteiger partial charge in [-0.2, -0.15) is 0 Å². The van der Waals surface area contributed by atoms with E-state index in [-0.39, 0.29) is 24.0 Å². The highest BCUT2D eigenvalue weighted by atomic mass is 32.2. The fourth-order valence-corrected chi connectivity index (χ4v) is 5.95. The Morgan fingerprint density at radius 3 is 2.41 bits per heavy atom. The molecule has 9 heteroatoms. The Balaban J connectivity index is 1.25. The molecule has 37 heavy (non-hydrogen) atoms. The van der Waals surface area contributed by atoms with E-state index in [0.29, 0.717) is 49.5 Å². The minimum Gasteiger partial charge on any atom is -0.494 e. The van der Waals surface area contributed by atoms with Crippen LogP contribution in [-0.4, -0.2) is 74.1 Å². The van der Waals surface area contributed by atoms with E-state index >= 15 is 0 Å². The average Bonchev–Trinajstić information content (AvgIpc) is 2.88. The summed E-state index contributed by atoms with van der Waals surface area (Å²) in [6.45, 7) is 2.51. The van der Waals surface area contributed by atoms with Crippen molar-refractivity contribution in [1.82, 2.24) is 14.8 Å². The second-order valence-electron chi connectivity index (χ2n) is 10.3. The third kappa shape index (κ3) is 8.28. The summed E-state index contributed by atoms with van der Waals surface area (Å²) in [6.07, 6.45) is 12.1. The molecule has 4 rings (SSSR count). The Morgan fingerprint density at radius 1 is 0.973 bits per heavy atom. The van der Waals surface area contributed by atoms with Crippen molar-refractivity contribution in [2.24, 2.45) is 5.92 Å². The number of benzene rings is 1. The molecule has 8 nitrogen and oxygen atoms in total. The molecule has 0 N–H and O–H groups in total. The highest BCUT2D eigenvalue weighted by Crippen LogP contribution is 2.26. The summed E-state index contributed by atoms with van der Waals surface area (Å²) in [6, 6.07) is 9.10. The standard InChI is InChI=1S/C28H37N3O5S/c1-37(34,35)21-24-16-23(19-29-20-24)17-27(32)30-11-13-31(14-12-30)28(33)25-8-5-9-26(18-25)36-15-10-22-6-3-2-4-7-22/h5,8-9,16,18-20,22H,2-4,6-7,10-15,17,21H2,1H3. The van der Waals surface area contributed by atoms with Crippen molar-refractivity contribution in [3.63, 3.8) is 0 Å². The summed E-state index contributed by atoms with van der Waals surface area (Å²) >= 11 is 0. The molecule has 2 fully saturated rings. The first-order valence-corrected chi connectivity index (χ1v) is 15.2. The van der Waals surface area contributed by atoms with Crippen molar-refractivity contribution >= 4 is 21.7 Å². The zero-order valence-corrected chi connectivity index (χ0v) is 22.4. The number of hydrogen-bond donors (Lipinski definition) is 0. The molecule has 0 bridgehead atoms. The van der Waals surface area contributed by atoms with Crippen molar-refractivity contribution in [2.45, 2.75) is 50.7 Å². The first-order chi connectivity index (χ1) is 17.8. The summed E-state index contributed by atoms with van der Waals surface area (Å²) in [4.78, 5) is 33.5. The minimum atomic E-state index is -3.17. The Hall–Kier alpha value is -2.94. The summed E-state index contributed by atoms with van der Waals surface area (Å²) in [7, 11) is -3.17. The maximum atomic E-state index is 13.1. The lowest BCUT2D eigenvalue weighted by molar-refractivity contribution is -0.131. The van der Waals surface area contributed by atoms with Gasteiger partial charge < -0.3 is 14.5 Å². The Labute approximate surface area is 219 Å². The van der Waals surface area contributed by atoms with Crippen LogP contribution in [0.25, 0.3) is 0 Å². The van der Waals surface area contributed by atoms with Gasteiger partial charge in [0.05, 0.1) is 18.8 Å². The van der Waals surface area contributed by atoms with Crippen LogP contribution in [0.2, 0.25) is 0 Å². The van der Waals surface area contributed by atoms with Gasteiger partial charge >= 0.3 is 0 Å². The second kappa shape index (κ2) is 12.5. The molecule has 1 aromatic heterocycles. The lowest BCUT2D eigenvalue weighted by Crippen LogP contribution is -2.51. The molecule has 1 aromatic carbocycles. The number of aromatic nitrogens is 1. The number of nitrogens with zero attached hydrogens (tertiary/aromatic N) is 3. The first kappa shape index (κ1) is 27.1. The van der Waals surface area contributed by atoms with E-state index in [2.05, 4.69) is 4.98 Å². The van der Waals surface area contributed by atoms with Crippen LogP contribution in [-0.2, 0) is 26.8 Å². The molecule has 2 amide bonds. The molecule has 0 atom stereocenters. The number of piperazine rings is 1. The number of sulfone groups is 1. The highest BCUT2D eigenvalue weighted by Gasteiger charge is 2.25. The fourth-order valence-electron chi connectivity index (χ4n) is 5.19. The molecule has 1 aliphatic heterocycles. The first-order valence-electron chi connectivity index (χ1n) is 13.2. The fraction of sp³-hybridized carbons (Fsp3) is 0.536. The van der Waals surface area contributed by atoms with Gasteiger partial charge in [0.15, 0.2) is 9.84 Å². The van der Waals surface area contributed by atoms with Crippen molar-refractivity contribution in [3.05, 3.63) is 59.4 Å². The minimum absolute atomic E-state index is 0.0532. The summed E-state index contributed by atoms with van der Waals surface area (Å²) in [5.41, 5.74) is 1.86. The quantitative estimate of drug-likeness (QED) is 0.495. The van der Waals surface area contributed by atoms with Gasteiger partial charge in [0.1, 0.15) is 5.75 Å². The Bertz CT molecular complexity index is 1190. The van der Waals surface area contributed by atoms with Gasteiger partial charge in [-0.3, -0.25) is 14.6 Å². The number of pyridine rings is 1. The summed E-state index contributed by atoms with van der Waals surface area (Å²) < 4.78 is 29.1. The molecule has 1 aliphatic carbocycles. The van der Waals surface area contributed by atoms with Crippen LogP contribution in [0.3, 0.4) is 0 Å². The number of rotatable bonds is 9. The predicted octanol–water partition coefficient (Wildman–Crippen LogP) is 3.50. The molecule has 1 saturated heterocycles. The van der Waals surface area contributed by atoms with Crippen LogP contribution in [0.1, 0.15) is 60.0 Å². The van der Waals surface area contributed by atoms with E-state index in [9.17, 15) is 18.0 Å². The van der Waals surface area contributed by atoms with Crippen LogP contribution >= 0.6 is 0 Å². The number of carbonyl (C=O) groups excluding carboxylic acids is 2. The van der Waals surface area contributed by atoms with E-state index in [1.807, 2.05) is 24.3 Å². The number of amides is 2. The van der Waals surface area contributed by atoms with E-state index in [4.69, 9.17) is 4.74 Å². The smallest absolute Gasteiger partial charge is 0.254 e. The van der Waals surface area contributed by atoms with Crippen molar-refractivity contribution < 1.29 is 22.7 Å². The molecule has 0 unspecified atom stereocenters. The lowest BCUT2D eigenvalue weighted by Gasteiger charge is -2.35. The third-order valence-electron chi connectivity index (χ3n) is 7.16. The lowest BCUT2D eigenvalue weighted by atomic mass is 9.87. The Morgan fingerprint density at radius 2 is 1.68 bits per heavy atom. The van der Waals surface area contributed by atoms with Gasteiger partial charge in [0, 0.05) is 50.4 Å². The largest absolute Gasteiger partial charge is 0.494 e. The normalized spacial score (nSPS) is 17.0. The Kier molecular flexibility index (Phi) is 9.18. The van der Waals surface area contributed by atoms with Crippen molar-refractivity contribution in [1.29, 1.82) is 0 Å². The molecule has 2 aromatic rings. The van der Waals surface area contributed by atoms with Gasteiger partial charge in [-0.15, -0.1) is 0 Å². The SMILES string of the molecule is CS(=O)(=O)Cc1cncc(CC(=O)N2CCN(C(=O)c3cccc(OCCC4CCCCC4)c3)CC2)c1. The summed E-state index contributed by atoms with van der Waals surface area (Å²) in [5.74, 6) is 1.27. The van der Waals surface area contributed by atoms with Gasteiger partial charge in [-0.1, -0.05) is 44.2 Å². The molecular weight excluding hydrogens is 490 g/mol. The van der Waals surface area contributed by atoms with Crippen LogP contribution in [0.4, 0.5) is 0 Å². The molecule has 200 valence electrons. The van der Waals surface area contributed by atoms with E-state index in [0.717, 1.165) is 18.1 Å². The van der Waals surface area contributed by atoms with Crippen LogP contribution in [0, 0.1) is 5.92 Å². The molecule has 0 radical (unpaired) electrons. The van der Waals surface area contributed by atoms with Crippen LogP contribution < -0.4 is 4.74 Å².